The molecule has 15 heteroatoms. The minimum absolute atomic E-state index is 0.0402. The predicted molar refractivity (Wildman–Crippen MR) is 117 cm³/mol. The number of hydrogen-bond acceptors (Lipinski definition) is 8. The molecule has 0 aromatic carbocycles. The number of carboxylic acids is 2. The minimum Gasteiger partial charge on any atom is -0.481 e. The smallest absolute Gasteiger partial charge is 0.326 e. The van der Waals surface area contributed by atoms with Crippen LogP contribution >= 0.6 is 0 Å². The molecular formula is C20H29N7O8. The minimum atomic E-state index is -1.59. The Morgan fingerprint density at radius 2 is 1.83 bits per heavy atom. The molecule has 1 aromatic rings. The summed E-state index contributed by atoms with van der Waals surface area (Å²) in [5.41, 5.74) is 11.5. The number of carboxylic acid groups (broad SMARTS) is 2. The van der Waals surface area contributed by atoms with Gasteiger partial charge in [-0.2, -0.15) is 0 Å². The molecule has 2 heterocycles. The predicted octanol–water partition coefficient (Wildman–Crippen LogP) is -2.94. The third-order valence-corrected chi connectivity index (χ3v) is 5.46. The lowest BCUT2D eigenvalue weighted by atomic mass is 10.1. The van der Waals surface area contributed by atoms with Crippen LogP contribution in [0.1, 0.15) is 37.8 Å². The van der Waals surface area contributed by atoms with Gasteiger partial charge in [-0.05, 0) is 19.3 Å². The quantitative estimate of drug-likeness (QED) is 0.147. The number of aromatic amines is 1. The Balaban J connectivity index is 2.14. The van der Waals surface area contributed by atoms with Crippen LogP contribution in [0.25, 0.3) is 0 Å². The van der Waals surface area contributed by atoms with E-state index in [-0.39, 0.29) is 32.2 Å². The monoisotopic (exact) mass is 495 g/mol. The number of amides is 4. The number of carbonyl (C=O) groups excluding carboxylic acids is 4. The number of carbonyl (C=O) groups is 6. The first-order valence-corrected chi connectivity index (χ1v) is 10.9. The Bertz CT molecular complexity index is 951. The van der Waals surface area contributed by atoms with Crippen molar-refractivity contribution >= 4 is 35.6 Å². The first-order chi connectivity index (χ1) is 16.5. The van der Waals surface area contributed by atoms with E-state index in [2.05, 4.69) is 20.6 Å². The standard InChI is InChI=1S/C20H29N7O8/c21-11(6-10-8-23-9-24-10)17(31)26-13(7-16(29)30)18(32)25-12(3-4-15(22)28)19(33)27-5-1-2-14(27)20(34)35/h8-9,11-14H,1-7,21H2,(H2,22,28)(H,23,24)(H,25,32)(H,26,31)(H,29,30)(H,34,35). The molecule has 2 rings (SSSR count). The van der Waals surface area contributed by atoms with E-state index in [0.717, 1.165) is 4.90 Å². The number of imidazole rings is 1. The summed E-state index contributed by atoms with van der Waals surface area (Å²) in [4.78, 5) is 80.1. The summed E-state index contributed by atoms with van der Waals surface area (Å²) in [5, 5.41) is 23.2. The molecule has 35 heavy (non-hydrogen) atoms. The van der Waals surface area contributed by atoms with Gasteiger partial charge in [0.15, 0.2) is 0 Å². The van der Waals surface area contributed by atoms with Crippen LogP contribution < -0.4 is 22.1 Å². The van der Waals surface area contributed by atoms with Crippen molar-refractivity contribution in [2.75, 3.05) is 6.54 Å². The molecule has 0 radical (unpaired) electrons. The first kappa shape index (κ1) is 27.2. The van der Waals surface area contributed by atoms with Gasteiger partial charge in [0, 0.05) is 31.3 Å². The maximum Gasteiger partial charge on any atom is 0.326 e. The highest BCUT2D eigenvalue weighted by Crippen LogP contribution is 2.19. The third kappa shape index (κ3) is 8.06. The molecule has 1 fully saturated rings. The number of rotatable bonds is 13. The maximum atomic E-state index is 13.0. The van der Waals surface area contributed by atoms with Crippen molar-refractivity contribution in [3.05, 3.63) is 18.2 Å². The zero-order valence-corrected chi connectivity index (χ0v) is 18.8. The van der Waals surface area contributed by atoms with Crippen LogP contribution in [0.3, 0.4) is 0 Å². The van der Waals surface area contributed by atoms with Gasteiger partial charge in [0.2, 0.25) is 23.6 Å². The summed E-state index contributed by atoms with van der Waals surface area (Å²) in [6.07, 6.45) is 2.19. The Morgan fingerprint density at radius 1 is 1.14 bits per heavy atom. The van der Waals surface area contributed by atoms with Crippen molar-refractivity contribution in [1.29, 1.82) is 0 Å². The van der Waals surface area contributed by atoms with Crippen molar-refractivity contribution in [1.82, 2.24) is 25.5 Å². The van der Waals surface area contributed by atoms with E-state index < -0.39 is 66.2 Å². The molecule has 1 aliphatic heterocycles. The number of hydrogen-bond donors (Lipinski definition) is 7. The molecule has 1 aromatic heterocycles. The van der Waals surface area contributed by atoms with Gasteiger partial charge in [0.05, 0.1) is 18.8 Å². The molecule has 192 valence electrons. The number of nitrogens with zero attached hydrogens (tertiary/aromatic N) is 2. The first-order valence-electron chi connectivity index (χ1n) is 10.9. The Labute approximate surface area is 199 Å². The summed E-state index contributed by atoms with van der Waals surface area (Å²) in [5.74, 6) is -5.94. The SMILES string of the molecule is NC(=O)CCC(NC(=O)C(CC(=O)O)NC(=O)C(N)Cc1cnc[nH]1)C(=O)N1CCCC1C(=O)O. The topological polar surface area (TPSA) is 251 Å². The molecule has 9 N–H and O–H groups in total. The molecule has 0 aliphatic carbocycles. The second-order valence-corrected chi connectivity index (χ2v) is 8.14. The van der Waals surface area contributed by atoms with Gasteiger partial charge < -0.3 is 42.2 Å². The largest absolute Gasteiger partial charge is 0.481 e. The highest BCUT2D eigenvalue weighted by molar-refractivity contribution is 5.96. The highest BCUT2D eigenvalue weighted by Gasteiger charge is 2.38. The number of nitrogens with one attached hydrogen (secondary N) is 3. The number of aromatic nitrogens is 2. The van der Waals surface area contributed by atoms with Crippen LogP contribution in [0.5, 0.6) is 0 Å². The van der Waals surface area contributed by atoms with Crippen molar-refractivity contribution in [3.8, 4) is 0 Å². The van der Waals surface area contributed by atoms with E-state index >= 15 is 0 Å². The highest BCUT2D eigenvalue weighted by atomic mass is 16.4. The molecule has 15 nitrogen and oxygen atoms in total. The third-order valence-electron chi connectivity index (χ3n) is 5.46. The maximum absolute atomic E-state index is 13.0. The van der Waals surface area contributed by atoms with Crippen molar-refractivity contribution in [2.24, 2.45) is 11.5 Å². The normalized spacial score (nSPS) is 17.7. The second-order valence-electron chi connectivity index (χ2n) is 8.14. The van der Waals surface area contributed by atoms with Crippen LogP contribution in [0.4, 0.5) is 0 Å². The average molecular weight is 495 g/mol. The van der Waals surface area contributed by atoms with Crippen molar-refractivity contribution < 1.29 is 39.0 Å². The van der Waals surface area contributed by atoms with E-state index in [9.17, 15) is 39.0 Å². The molecule has 1 aliphatic rings. The molecule has 1 saturated heterocycles. The van der Waals surface area contributed by atoms with Crippen LogP contribution in [-0.2, 0) is 35.2 Å². The Hall–Kier alpha value is -4.01. The molecule has 0 saturated carbocycles. The van der Waals surface area contributed by atoms with Crippen LogP contribution in [0, 0.1) is 0 Å². The van der Waals surface area contributed by atoms with E-state index in [0.29, 0.717) is 12.1 Å². The summed E-state index contributed by atoms with van der Waals surface area (Å²) in [6.45, 7) is 0.135. The molecular weight excluding hydrogens is 466 g/mol. The second kappa shape index (κ2) is 12.5. The summed E-state index contributed by atoms with van der Waals surface area (Å²) in [6, 6.07) is -5.18. The molecule has 0 spiro atoms. The van der Waals surface area contributed by atoms with Gasteiger partial charge in [0.25, 0.3) is 0 Å². The summed E-state index contributed by atoms with van der Waals surface area (Å²) in [7, 11) is 0. The molecule has 0 bridgehead atoms. The van der Waals surface area contributed by atoms with Gasteiger partial charge in [-0.1, -0.05) is 0 Å². The van der Waals surface area contributed by atoms with E-state index in [1.165, 1.54) is 12.5 Å². The van der Waals surface area contributed by atoms with Crippen molar-refractivity contribution in [3.63, 3.8) is 0 Å². The Morgan fingerprint density at radius 3 is 2.40 bits per heavy atom. The van der Waals surface area contributed by atoms with Gasteiger partial charge in [-0.25, -0.2) is 9.78 Å². The van der Waals surface area contributed by atoms with E-state index in [1.807, 2.05) is 0 Å². The lowest BCUT2D eigenvalue weighted by molar-refractivity contribution is -0.150. The zero-order chi connectivity index (χ0) is 26.1. The Kier molecular flexibility index (Phi) is 9.69. The lowest BCUT2D eigenvalue weighted by Crippen LogP contribution is -2.57. The fourth-order valence-electron chi connectivity index (χ4n) is 3.69. The fourth-order valence-corrected chi connectivity index (χ4v) is 3.69. The van der Waals surface area contributed by atoms with E-state index in [1.54, 1.807) is 0 Å². The number of primary amides is 1. The summed E-state index contributed by atoms with van der Waals surface area (Å²) < 4.78 is 0. The van der Waals surface area contributed by atoms with Crippen LogP contribution in [0.15, 0.2) is 12.5 Å². The summed E-state index contributed by atoms with van der Waals surface area (Å²) >= 11 is 0. The lowest BCUT2D eigenvalue weighted by Gasteiger charge is -2.28. The van der Waals surface area contributed by atoms with Gasteiger partial charge >= 0.3 is 11.9 Å². The number of nitrogens with two attached hydrogens (primary N) is 2. The van der Waals surface area contributed by atoms with E-state index in [4.69, 9.17) is 11.5 Å². The zero-order valence-electron chi connectivity index (χ0n) is 18.8. The number of likely N-dealkylation sites (tertiary alicyclic amines) is 1. The van der Waals surface area contributed by atoms with Crippen LogP contribution in [0.2, 0.25) is 0 Å². The van der Waals surface area contributed by atoms with Crippen LogP contribution in [-0.4, -0.2) is 91.4 Å². The van der Waals surface area contributed by atoms with Gasteiger partial charge in [-0.15, -0.1) is 0 Å². The van der Waals surface area contributed by atoms with Crippen molar-refractivity contribution in [2.45, 2.75) is 62.7 Å². The molecule has 4 atom stereocenters. The fraction of sp³-hybridized carbons (Fsp3) is 0.550. The number of aliphatic carboxylic acids is 2. The van der Waals surface area contributed by atoms with Gasteiger partial charge in [0.1, 0.15) is 18.1 Å². The average Bonchev–Trinajstić information content (AvgIpc) is 3.47. The molecule has 4 amide bonds. The van der Waals surface area contributed by atoms with Gasteiger partial charge in [-0.3, -0.25) is 24.0 Å². The molecule has 4 unspecified atom stereocenters. The number of H-pyrrole nitrogens is 1.